The number of H-pyrrole nitrogens is 2. The van der Waals surface area contributed by atoms with Gasteiger partial charge in [0, 0.05) is 30.2 Å². The van der Waals surface area contributed by atoms with Crippen LogP contribution in [-0.4, -0.2) is 15.0 Å². The van der Waals surface area contributed by atoms with Gasteiger partial charge in [-0.1, -0.05) is 24.3 Å². The fourth-order valence-corrected chi connectivity index (χ4v) is 2.79. The van der Waals surface area contributed by atoms with Crippen molar-refractivity contribution in [3.8, 4) is 0 Å². The molecule has 0 aliphatic heterocycles. The number of anilines is 2. The second-order valence-electron chi connectivity index (χ2n) is 5.66. The van der Waals surface area contributed by atoms with E-state index in [2.05, 4.69) is 20.3 Å². The van der Waals surface area contributed by atoms with Crippen LogP contribution in [0.5, 0.6) is 0 Å². The number of rotatable bonds is 4. The summed E-state index contributed by atoms with van der Waals surface area (Å²) in [5.41, 5.74) is 5.57. The molecule has 2 heterocycles. The van der Waals surface area contributed by atoms with Crippen LogP contribution in [0.3, 0.4) is 0 Å². The molecule has 24 heavy (non-hydrogen) atoms. The summed E-state index contributed by atoms with van der Waals surface area (Å²) >= 11 is 0. The molecule has 5 heteroatoms. The van der Waals surface area contributed by atoms with Crippen LogP contribution in [0.15, 0.2) is 71.8 Å². The third-order valence-electron chi connectivity index (χ3n) is 3.91. The Morgan fingerprint density at radius 3 is 2.50 bits per heavy atom. The zero-order valence-corrected chi connectivity index (χ0v) is 12.9. The van der Waals surface area contributed by atoms with Crippen LogP contribution in [0.2, 0.25) is 0 Å². The standard InChI is InChI=1S/C19H16N4O/c24-19-22-17-10-14(9-13-5-4-8-20-12-13)16(11-18(17)23-19)21-15-6-2-1-3-7-15/h1-8,10-12,21H,9H2,(H2,22,23,24). The number of hydrogen-bond acceptors (Lipinski definition) is 3. The Labute approximate surface area is 138 Å². The van der Waals surface area contributed by atoms with E-state index in [0.29, 0.717) is 0 Å². The van der Waals surface area contributed by atoms with Gasteiger partial charge in [0.2, 0.25) is 0 Å². The average Bonchev–Trinajstić information content (AvgIpc) is 2.96. The Kier molecular flexibility index (Phi) is 3.59. The number of aromatic nitrogens is 3. The third-order valence-corrected chi connectivity index (χ3v) is 3.91. The van der Waals surface area contributed by atoms with Crippen molar-refractivity contribution < 1.29 is 0 Å². The summed E-state index contributed by atoms with van der Waals surface area (Å²) < 4.78 is 0. The summed E-state index contributed by atoms with van der Waals surface area (Å²) in [6.45, 7) is 0. The summed E-state index contributed by atoms with van der Waals surface area (Å²) in [6, 6.07) is 17.9. The molecule has 0 saturated heterocycles. The molecule has 2 aromatic carbocycles. The number of pyridine rings is 1. The second-order valence-corrected chi connectivity index (χ2v) is 5.66. The van der Waals surface area contributed by atoms with Crippen LogP contribution >= 0.6 is 0 Å². The number of nitrogens with zero attached hydrogens (tertiary/aromatic N) is 1. The van der Waals surface area contributed by atoms with E-state index in [4.69, 9.17) is 0 Å². The lowest BCUT2D eigenvalue weighted by Gasteiger charge is -2.13. The Morgan fingerprint density at radius 1 is 0.958 bits per heavy atom. The minimum atomic E-state index is -0.200. The molecule has 0 aliphatic carbocycles. The van der Waals surface area contributed by atoms with Gasteiger partial charge in [-0.25, -0.2) is 4.79 Å². The fourth-order valence-electron chi connectivity index (χ4n) is 2.79. The molecule has 3 N–H and O–H groups in total. The van der Waals surface area contributed by atoms with E-state index in [0.717, 1.165) is 40.0 Å². The van der Waals surface area contributed by atoms with E-state index in [1.807, 2.05) is 60.8 Å². The lowest BCUT2D eigenvalue weighted by molar-refractivity contribution is 1.15. The lowest BCUT2D eigenvalue weighted by Crippen LogP contribution is -1.99. The number of fused-ring (bicyclic) bond motifs is 1. The molecule has 0 unspecified atom stereocenters. The summed E-state index contributed by atoms with van der Waals surface area (Å²) in [5, 5.41) is 3.44. The molecule has 4 rings (SSSR count). The lowest BCUT2D eigenvalue weighted by atomic mass is 10.0. The van der Waals surface area contributed by atoms with Gasteiger partial charge >= 0.3 is 5.69 Å². The predicted molar refractivity (Wildman–Crippen MR) is 95.7 cm³/mol. The minimum absolute atomic E-state index is 0.200. The van der Waals surface area contributed by atoms with Gasteiger partial charge < -0.3 is 15.3 Å². The third kappa shape index (κ3) is 2.92. The van der Waals surface area contributed by atoms with Crippen molar-refractivity contribution in [2.45, 2.75) is 6.42 Å². The molecule has 0 atom stereocenters. The van der Waals surface area contributed by atoms with E-state index in [-0.39, 0.29) is 5.69 Å². The van der Waals surface area contributed by atoms with Crippen molar-refractivity contribution in [3.63, 3.8) is 0 Å². The minimum Gasteiger partial charge on any atom is -0.355 e. The molecule has 2 aromatic heterocycles. The van der Waals surface area contributed by atoms with Crippen LogP contribution in [-0.2, 0) is 6.42 Å². The Bertz CT molecular complexity index is 938. The van der Waals surface area contributed by atoms with Crippen molar-refractivity contribution >= 4 is 22.4 Å². The van der Waals surface area contributed by atoms with Crippen LogP contribution < -0.4 is 11.0 Å². The first-order valence-corrected chi connectivity index (χ1v) is 7.74. The normalized spacial score (nSPS) is 10.8. The second kappa shape index (κ2) is 6.04. The Balaban J connectivity index is 1.79. The largest absolute Gasteiger partial charge is 0.355 e. The average molecular weight is 316 g/mol. The molecule has 4 aromatic rings. The molecular formula is C19H16N4O. The maximum atomic E-state index is 11.6. The zero-order valence-electron chi connectivity index (χ0n) is 12.9. The quantitative estimate of drug-likeness (QED) is 0.539. The van der Waals surface area contributed by atoms with E-state index in [9.17, 15) is 4.79 Å². The SMILES string of the molecule is O=c1[nH]c2cc(Cc3cccnc3)c(Nc3ccccc3)cc2[nH]1. The van der Waals surface area contributed by atoms with Crippen LogP contribution in [0.25, 0.3) is 11.0 Å². The van der Waals surface area contributed by atoms with Crippen molar-refractivity contribution in [1.29, 1.82) is 0 Å². The number of para-hydroxylation sites is 1. The topological polar surface area (TPSA) is 73.6 Å². The highest BCUT2D eigenvalue weighted by Gasteiger charge is 2.09. The first kappa shape index (κ1) is 14.3. The van der Waals surface area contributed by atoms with Gasteiger partial charge in [-0.05, 0) is 41.5 Å². The number of nitrogens with one attached hydrogen (secondary N) is 3. The molecule has 0 saturated carbocycles. The van der Waals surface area contributed by atoms with Crippen LogP contribution in [0.1, 0.15) is 11.1 Å². The van der Waals surface area contributed by atoms with Gasteiger partial charge in [0.1, 0.15) is 0 Å². The van der Waals surface area contributed by atoms with Crippen molar-refractivity contribution in [2.75, 3.05) is 5.32 Å². The van der Waals surface area contributed by atoms with Gasteiger partial charge in [0.25, 0.3) is 0 Å². The van der Waals surface area contributed by atoms with Gasteiger partial charge in [-0.2, -0.15) is 0 Å². The Morgan fingerprint density at radius 2 is 1.75 bits per heavy atom. The smallest absolute Gasteiger partial charge is 0.323 e. The monoisotopic (exact) mass is 316 g/mol. The van der Waals surface area contributed by atoms with E-state index < -0.39 is 0 Å². The zero-order chi connectivity index (χ0) is 16.4. The molecule has 0 bridgehead atoms. The van der Waals surface area contributed by atoms with E-state index in [1.54, 1.807) is 6.20 Å². The molecule has 0 radical (unpaired) electrons. The van der Waals surface area contributed by atoms with E-state index in [1.165, 1.54) is 0 Å². The highest BCUT2D eigenvalue weighted by molar-refractivity contribution is 5.82. The molecule has 0 spiro atoms. The van der Waals surface area contributed by atoms with Crippen molar-refractivity contribution in [1.82, 2.24) is 15.0 Å². The molecule has 0 fully saturated rings. The van der Waals surface area contributed by atoms with Crippen LogP contribution in [0.4, 0.5) is 11.4 Å². The number of imidazole rings is 1. The fraction of sp³-hybridized carbons (Fsp3) is 0.0526. The van der Waals surface area contributed by atoms with Gasteiger partial charge in [-0.3, -0.25) is 4.98 Å². The summed E-state index contributed by atoms with van der Waals surface area (Å²) in [4.78, 5) is 21.4. The number of aromatic amines is 2. The highest BCUT2D eigenvalue weighted by atomic mass is 16.1. The van der Waals surface area contributed by atoms with Crippen molar-refractivity contribution in [2.24, 2.45) is 0 Å². The molecule has 0 aliphatic rings. The predicted octanol–water partition coefficient (Wildman–Crippen LogP) is 3.59. The number of hydrogen-bond donors (Lipinski definition) is 3. The maximum absolute atomic E-state index is 11.6. The molecule has 0 amide bonds. The van der Waals surface area contributed by atoms with Crippen LogP contribution in [0, 0.1) is 0 Å². The molecule has 5 nitrogen and oxygen atoms in total. The molecule has 118 valence electrons. The van der Waals surface area contributed by atoms with Crippen molar-refractivity contribution in [3.05, 3.63) is 88.6 Å². The van der Waals surface area contributed by atoms with E-state index >= 15 is 0 Å². The molecular weight excluding hydrogens is 300 g/mol. The summed E-state index contributed by atoms with van der Waals surface area (Å²) in [7, 11) is 0. The summed E-state index contributed by atoms with van der Waals surface area (Å²) in [6.07, 6.45) is 4.35. The highest BCUT2D eigenvalue weighted by Crippen LogP contribution is 2.26. The van der Waals surface area contributed by atoms with Gasteiger partial charge in [-0.15, -0.1) is 0 Å². The maximum Gasteiger partial charge on any atom is 0.323 e. The first-order valence-electron chi connectivity index (χ1n) is 7.74. The van der Waals surface area contributed by atoms with Gasteiger partial charge in [0.05, 0.1) is 11.0 Å². The number of benzene rings is 2. The Hall–Kier alpha value is -3.34. The first-order chi connectivity index (χ1) is 11.8. The summed E-state index contributed by atoms with van der Waals surface area (Å²) in [5.74, 6) is 0. The van der Waals surface area contributed by atoms with Gasteiger partial charge in [0.15, 0.2) is 0 Å².